The van der Waals surface area contributed by atoms with Crippen LogP contribution in [0.2, 0.25) is 0 Å². The smallest absolute Gasteiger partial charge is 0.261 e. The van der Waals surface area contributed by atoms with Crippen LogP contribution < -0.4 is 4.72 Å². The van der Waals surface area contributed by atoms with Gasteiger partial charge in [0.2, 0.25) is 0 Å². The van der Waals surface area contributed by atoms with Crippen molar-refractivity contribution in [2.24, 2.45) is 0 Å². The largest absolute Gasteiger partial charge is 0.372 e. The average molecular weight is 466 g/mol. The van der Waals surface area contributed by atoms with Crippen molar-refractivity contribution < 1.29 is 13.2 Å². The Morgan fingerprint density at radius 1 is 0.970 bits per heavy atom. The van der Waals surface area contributed by atoms with Gasteiger partial charge in [0.25, 0.3) is 10.0 Å². The van der Waals surface area contributed by atoms with Crippen LogP contribution in [0.25, 0.3) is 21.7 Å². The van der Waals surface area contributed by atoms with Crippen molar-refractivity contribution in [3.63, 3.8) is 0 Å². The molecule has 1 unspecified atom stereocenters. The summed E-state index contributed by atoms with van der Waals surface area (Å²) in [6.07, 6.45) is 1.83. The molecule has 0 aliphatic rings. The number of hydrogen-bond donors (Lipinski definition) is 2. The third-order valence-electron chi connectivity index (χ3n) is 6.06. The summed E-state index contributed by atoms with van der Waals surface area (Å²) in [5, 5.41) is 2.85. The van der Waals surface area contributed by atoms with E-state index in [1.54, 1.807) is 18.2 Å². The molecule has 0 amide bonds. The first kappa shape index (κ1) is 23.3. The number of benzene rings is 3. The van der Waals surface area contributed by atoms with Crippen molar-refractivity contribution in [1.29, 1.82) is 0 Å². The number of fused-ring (bicyclic) bond motifs is 2. The lowest BCUT2D eigenvalue weighted by molar-refractivity contribution is 0.0357. The maximum absolute atomic E-state index is 13.2. The minimum Gasteiger partial charge on any atom is -0.372 e. The number of rotatable bonds is 10. The van der Waals surface area contributed by atoms with Gasteiger partial charge >= 0.3 is 0 Å². The molecule has 3 aromatic carbocycles. The first-order chi connectivity index (χ1) is 16.0. The van der Waals surface area contributed by atoms with Gasteiger partial charge in [-0.05, 0) is 49.0 Å². The van der Waals surface area contributed by atoms with E-state index in [0.717, 1.165) is 46.9 Å². The summed E-state index contributed by atoms with van der Waals surface area (Å²) in [5.41, 5.74) is 2.30. The highest BCUT2D eigenvalue weighted by molar-refractivity contribution is 7.92. The van der Waals surface area contributed by atoms with Crippen LogP contribution in [-0.2, 0) is 14.8 Å². The molecule has 174 valence electrons. The van der Waals surface area contributed by atoms with E-state index in [9.17, 15) is 8.42 Å². The number of ether oxygens (including phenoxy) is 1. The second-order valence-electron chi connectivity index (χ2n) is 8.02. The average Bonchev–Trinajstić information content (AvgIpc) is 3.26. The third-order valence-corrected chi connectivity index (χ3v) is 7.42. The predicted molar refractivity (Wildman–Crippen MR) is 135 cm³/mol. The molecule has 6 nitrogen and oxygen atoms in total. The molecule has 1 atom stereocenters. The summed E-state index contributed by atoms with van der Waals surface area (Å²) in [5.74, 6) is 0. The van der Waals surface area contributed by atoms with Crippen LogP contribution >= 0.6 is 0 Å². The van der Waals surface area contributed by atoms with E-state index in [4.69, 9.17) is 4.74 Å². The number of anilines is 1. The fraction of sp³-hybridized carbons (Fsp3) is 0.308. The summed E-state index contributed by atoms with van der Waals surface area (Å²) in [4.78, 5) is 5.84. The summed E-state index contributed by atoms with van der Waals surface area (Å²) >= 11 is 0. The van der Waals surface area contributed by atoms with Crippen molar-refractivity contribution in [3.05, 3.63) is 72.4 Å². The van der Waals surface area contributed by atoms with Gasteiger partial charge in [-0.2, -0.15) is 0 Å². The number of para-hydroxylation sites is 1. The highest BCUT2D eigenvalue weighted by atomic mass is 32.2. The fourth-order valence-electron chi connectivity index (χ4n) is 4.22. The summed E-state index contributed by atoms with van der Waals surface area (Å²) in [6, 6.07) is 18.5. The first-order valence-corrected chi connectivity index (χ1v) is 12.9. The van der Waals surface area contributed by atoms with Crippen LogP contribution in [-0.4, -0.2) is 44.5 Å². The van der Waals surface area contributed by atoms with Crippen LogP contribution in [0, 0.1) is 0 Å². The SMILES string of the molecule is CCOC(CN(CC)CC)c1c[nH]c2c(NS(=O)(=O)c3ccc4ccccc4c3)cccc12. The number of nitrogens with one attached hydrogen (secondary N) is 2. The molecule has 0 aliphatic heterocycles. The van der Waals surface area contributed by atoms with E-state index in [-0.39, 0.29) is 11.0 Å². The second kappa shape index (κ2) is 9.95. The molecule has 0 fully saturated rings. The van der Waals surface area contributed by atoms with Gasteiger partial charge in [0.05, 0.1) is 22.2 Å². The number of nitrogens with zero attached hydrogens (tertiary/aromatic N) is 1. The molecule has 0 saturated carbocycles. The maximum Gasteiger partial charge on any atom is 0.261 e. The minimum atomic E-state index is -3.75. The third kappa shape index (κ3) is 4.90. The first-order valence-electron chi connectivity index (χ1n) is 11.4. The molecule has 4 aromatic rings. The monoisotopic (exact) mass is 465 g/mol. The Labute approximate surface area is 195 Å². The zero-order valence-electron chi connectivity index (χ0n) is 19.3. The molecule has 0 saturated heterocycles. The molecular formula is C26H31N3O3S. The molecule has 7 heteroatoms. The number of aromatic amines is 1. The Morgan fingerprint density at radius 2 is 1.73 bits per heavy atom. The van der Waals surface area contributed by atoms with Crippen molar-refractivity contribution in [2.75, 3.05) is 31.0 Å². The van der Waals surface area contributed by atoms with E-state index >= 15 is 0 Å². The lowest BCUT2D eigenvalue weighted by Gasteiger charge is -2.25. The van der Waals surface area contributed by atoms with E-state index in [1.807, 2.05) is 55.6 Å². The van der Waals surface area contributed by atoms with E-state index < -0.39 is 10.0 Å². The molecule has 0 bridgehead atoms. The van der Waals surface area contributed by atoms with Crippen LogP contribution in [0.4, 0.5) is 5.69 Å². The van der Waals surface area contributed by atoms with Crippen LogP contribution in [0.5, 0.6) is 0 Å². The van der Waals surface area contributed by atoms with Gasteiger partial charge in [-0.1, -0.05) is 56.3 Å². The molecule has 1 heterocycles. The zero-order valence-corrected chi connectivity index (χ0v) is 20.2. The minimum absolute atomic E-state index is 0.101. The van der Waals surface area contributed by atoms with Gasteiger partial charge in [0, 0.05) is 30.3 Å². The van der Waals surface area contributed by atoms with E-state index in [2.05, 4.69) is 28.5 Å². The predicted octanol–water partition coefficient (Wildman–Crippen LogP) is 5.54. The topological polar surface area (TPSA) is 74.4 Å². The normalized spacial score (nSPS) is 13.1. The Kier molecular flexibility index (Phi) is 7.02. The number of sulfonamides is 1. The maximum atomic E-state index is 13.2. The van der Waals surface area contributed by atoms with Crippen LogP contribution in [0.15, 0.2) is 71.8 Å². The Morgan fingerprint density at radius 3 is 2.45 bits per heavy atom. The molecule has 33 heavy (non-hydrogen) atoms. The summed E-state index contributed by atoms with van der Waals surface area (Å²) in [7, 11) is -3.75. The second-order valence-corrected chi connectivity index (χ2v) is 9.70. The van der Waals surface area contributed by atoms with Gasteiger partial charge in [-0.3, -0.25) is 4.72 Å². The molecule has 2 N–H and O–H groups in total. The number of H-pyrrole nitrogens is 1. The Balaban J connectivity index is 1.68. The highest BCUT2D eigenvalue weighted by Crippen LogP contribution is 2.32. The molecule has 0 aliphatic carbocycles. The van der Waals surface area contributed by atoms with Crippen molar-refractivity contribution in [1.82, 2.24) is 9.88 Å². The summed E-state index contributed by atoms with van der Waals surface area (Å²) < 4.78 is 35.3. The Hall–Kier alpha value is -2.87. The fourth-order valence-corrected chi connectivity index (χ4v) is 5.33. The Bertz CT molecular complexity index is 1340. The van der Waals surface area contributed by atoms with Gasteiger partial charge in [-0.25, -0.2) is 8.42 Å². The van der Waals surface area contributed by atoms with Crippen molar-refractivity contribution in [2.45, 2.75) is 31.8 Å². The van der Waals surface area contributed by atoms with Gasteiger partial charge in [0.1, 0.15) is 0 Å². The molecule has 1 aromatic heterocycles. The molecule has 0 radical (unpaired) electrons. The lowest BCUT2D eigenvalue weighted by atomic mass is 10.1. The molecule has 4 rings (SSSR count). The standard InChI is InChI=1S/C26H31N3O3S/c1-4-29(5-2)18-25(32-6-3)23-17-27-26-22(23)12-9-13-24(26)28-33(30,31)21-15-14-19-10-7-8-11-20(19)16-21/h7-17,25,27-28H,4-6,18H2,1-3H3. The number of aromatic nitrogens is 1. The van der Waals surface area contributed by atoms with Crippen molar-refractivity contribution >= 4 is 37.4 Å². The van der Waals surface area contributed by atoms with Gasteiger partial charge in [0.15, 0.2) is 0 Å². The molecular weight excluding hydrogens is 434 g/mol. The lowest BCUT2D eigenvalue weighted by Crippen LogP contribution is -2.29. The van der Waals surface area contributed by atoms with Gasteiger partial charge in [-0.15, -0.1) is 0 Å². The van der Waals surface area contributed by atoms with Crippen LogP contribution in [0.3, 0.4) is 0 Å². The van der Waals surface area contributed by atoms with Crippen LogP contribution in [0.1, 0.15) is 32.4 Å². The van der Waals surface area contributed by atoms with E-state index in [0.29, 0.717) is 12.3 Å². The quantitative estimate of drug-likeness (QED) is 0.322. The highest BCUT2D eigenvalue weighted by Gasteiger charge is 2.21. The zero-order chi connectivity index (χ0) is 23.4. The molecule has 0 spiro atoms. The van der Waals surface area contributed by atoms with E-state index in [1.165, 1.54) is 0 Å². The summed E-state index contributed by atoms with van der Waals surface area (Å²) in [6.45, 7) is 9.54. The van der Waals surface area contributed by atoms with Gasteiger partial charge < -0.3 is 14.6 Å². The number of hydrogen-bond acceptors (Lipinski definition) is 4. The number of likely N-dealkylation sites (N-methyl/N-ethyl adjacent to an activating group) is 1. The van der Waals surface area contributed by atoms with Crippen molar-refractivity contribution in [3.8, 4) is 0 Å².